The molecule has 0 radical (unpaired) electrons. The molecule has 0 amide bonds. The molecular weight excluding hydrogens is 341 g/mol. The molecule has 8 heteroatoms. The maximum Gasteiger partial charge on any atom is 0.335 e. The predicted octanol–water partition coefficient (Wildman–Crippen LogP) is 1.84. The molecule has 1 aromatic rings. The van der Waals surface area contributed by atoms with E-state index in [0.717, 1.165) is 0 Å². The first kappa shape index (κ1) is 17.7. The summed E-state index contributed by atoms with van der Waals surface area (Å²) in [5.74, 6) is -1.88. The van der Waals surface area contributed by atoms with Crippen molar-refractivity contribution in [3.63, 3.8) is 0 Å². The highest BCUT2D eigenvalue weighted by Crippen LogP contribution is 2.33. The molecule has 0 spiro atoms. The van der Waals surface area contributed by atoms with Gasteiger partial charge < -0.3 is 20.7 Å². The van der Waals surface area contributed by atoms with Gasteiger partial charge >= 0.3 is 11.9 Å². The first-order valence-electron chi connectivity index (χ1n) is 4.95. The fourth-order valence-electron chi connectivity index (χ4n) is 1.40. The molecule has 0 saturated carbocycles. The Labute approximate surface area is 124 Å². The fourth-order valence-corrected chi connectivity index (χ4v) is 1.87. The van der Waals surface area contributed by atoms with Gasteiger partial charge in [-0.1, -0.05) is 0 Å². The van der Waals surface area contributed by atoms with Crippen molar-refractivity contribution in [3.8, 4) is 5.75 Å². The highest BCUT2D eigenvalue weighted by atomic mass is 79.9. The highest BCUT2D eigenvalue weighted by molar-refractivity contribution is 9.10. The molecule has 1 aromatic carbocycles. The van der Waals surface area contributed by atoms with E-state index in [1.54, 1.807) is 0 Å². The lowest BCUT2D eigenvalue weighted by Crippen LogP contribution is -2.17. The molecule has 1 atom stereocenters. The van der Waals surface area contributed by atoms with Crippen LogP contribution in [0.3, 0.4) is 0 Å². The van der Waals surface area contributed by atoms with Gasteiger partial charge in [0.15, 0.2) is 0 Å². The van der Waals surface area contributed by atoms with Gasteiger partial charge in [0.05, 0.1) is 23.6 Å². The van der Waals surface area contributed by atoms with E-state index in [4.69, 9.17) is 10.8 Å². The van der Waals surface area contributed by atoms with Crippen LogP contribution in [0.15, 0.2) is 16.6 Å². The zero-order valence-corrected chi connectivity index (χ0v) is 12.3. The number of carbonyl (C=O) groups is 2. The summed E-state index contributed by atoms with van der Waals surface area (Å²) >= 11 is 3.03. The number of aromatic carboxylic acids is 1. The van der Waals surface area contributed by atoms with E-state index in [0.29, 0.717) is 0 Å². The highest BCUT2D eigenvalue weighted by Gasteiger charge is 2.19. The van der Waals surface area contributed by atoms with Gasteiger partial charge in [0, 0.05) is 11.6 Å². The molecule has 0 fully saturated rings. The predicted molar refractivity (Wildman–Crippen MR) is 73.6 cm³/mol. The van der Waals surface area contributed by atoms with E-state index in [9.17, 15) is 14.7 Å². The molecule has 106 valence electrons. The number of methoxy groups -OCH3 is 1. The Balaban J connectivity index is 0.00000324. The van der Waals surface area contributed by atoms with E-state index >= 15 is 0 Å². The average Bonchev–Trinajstić information content (AvgIpc) is 2.31. The lowest BCUT2D eigenvalue weighted by atomic mass is 10.0. The van der Waals surface area contributed by atoms with Crippen LogP contribution in [-0.2, 0) is 9.53 Å². The minimum Gasteiger partial charge on any atom is -0.506 e. The number of esters is 1. The number of aromatic hydroxyl groups is 1. The molecule has 19 heavy (non-hydrogen) atoms. The number of nitrogens with two attached hydrogens (primary N) is 1. The second kappa shape index (κ2) is 7.32. The second-order valence-corrected chi connectivity index (χ2v) is 4.44. The standard InChI is InChI=1S/C11H12BrNO5.ClH/c1-18-9(14)4-8(13)6-2-5(11(16)17)3-7(12)10(6)15;/h2-3,8,15H,4,13H2,1H3,(H,16,17);1H/t8-;/m1./s1. The summed E-state index contributed by atoms with van der Waals surface area (Å²) < 4.78 is 4.67. The first-order chi connectivity index (χ1) is 8.36. The molecule has 0 aliphatic carbocycles. The van der Waals surface area contributed by atoms with Crippen LogP contribution in [0, 0.1) is 0 Å². The lowest BCUT2D eigenvalue weighted by Gasteiger charge is -2.14. The number of carboxylic acid groups (broad SMARTS) is 1. The minimum atomic E-state index is -1.15. The molecule has 0 heterocycles. The van der Waals surface area contributed by atoms with E-state index < -0.39 is 18.0 Å². The maximum atomic E-state index is 11.1. The SMILES string of the molecule is COC(=O)C[C@@H](N)c1cc(C(=O)O)cc(Br)c1O.Cl. The number of phenolic OH excluding ortho intramolecular Hbond substituents is 1. The summed E-state index contributed by atoms with van der Waals surface area (Å²) in [7, 11) is 1.22. The van der Waals surface area contributed by atoms with Gasteiger partial charge in [0.25, 0.3) is 0 Å². The third-order valence-corrected chi connectivity index (χ3v) is 2.96. The van der Waals surface area contributed by atoms with Gasteiger partial charge in [-0.2, -0.15) is 0 Å². The maximum absolute atomic E-state index is 11.1. The Hall–Kier alpha value is -1.31. The summed E-state index contributed by atoms with van der Waals surface area (Å²) in [4.78, 5) is 22.0. The van der Waals surface area contributed by atoms with Crippen LogP contribution in [-0.4, -0.2) is 29.3 Å². The summed E-state index contributed by atoms with van der Waals surface area (Å²) in [5.41, 5.74) is 5.88. The van der Waals surface area contributed by atoms with Crippen molar-refractivity contribution >= 4 is 40.3 Å². The number of benzene rings is 1. The number of hydrogen-bond donors (Lipinski definition) is 3. The van der Waals surface area contributed by atoms with Crippen LogP contribution in [0.5, 0.6) is 5.75 Å². The summed E-state index contributed by atoms with van der Waals surface area (Å²) in [6.45, 7) is 0. The Morgan fingerprint density at radius 3 is 2.53 bits per heavy atom. The summed E-state index contributed by atoms with van der Waals surface area (Å²) in [6, 6.07) is 1.65. The van der Waals surface area contributed by atoms with Gasteiger partial charge in [0.2, 0.25) is 0 Å². The molecule has 0 bridgehead atoms. The fraction of sp³-hybridized carbons (Fsp3) is 0.273. The normalized spacial score (nSPS) is 11.3. The number of hydrogen-bond acceptors (Lipinski definition) is 5. The lowest BCUT2D eigenvalue weighted by molar-refractivity contribution is -0.141. The summed E-state index contributed by atoms with van der Waals surface area (Å²) in [6.07, 6.45) is -0.153. The topological polar surface area (TPSA) is 110 Å². The Bertz CT molecular complexity index is 494. The van der Waals surface area contributed by atoms with Crippen molar-refractivity contribution in [3.05, 3.63) is 27.7 Å². The van der Waals surface area contributed by atoms with Gasteiger partial charge in [-0.3, -0.25) is 4.79 Å². The van der Waals surface area contributed by atoms with Gasteiger partial charge in [-0.25, -0.2) is 4.79 Å². The van der Waals surface area contributed by atoms with Gasteiger partial charge in [-0.05, 0) is 28.1 Å². The number of phenols is 1. The van der Waals surface area contributed by atoms with Gasteiger partial charge in [0.1, 0.15) is 5.75 Å². The van der Waals surface area contributed by atoms with Crippen LogP contribution in [0.25, 0.3) is 0 Å². The van der Waals surface area contributed by atoms with E-state index in [1.807, 2.05) is 0 Å². The van der Waals surface area contributed by atoms with Crippen LogP contribution < -0.4 is 5.73 Å². The molecule has 1 rings (SSSR count). The number of carbonyl (C=O) groups excluding carboxylic acids is 1. The smallest absolute Gasteiger partial charge is 0.335 e. The zero-order chi connectivity index (χ0) is 13.9. The third kappa shape index (κ3) is 4.38. The monoisotopic (exact) mass is 353 g/mol. The Morgan fingerprint density at radius 1 is 1.47 bits per heavy atom. The molecule has 6 nitrogen and oxygen atoms in total. The molecule has 0 aliphatic heterocycles. The van der Waals surface area contributed by atoms with Crippen molar-refractivity contribution < 1.29 is 24.5 Å². The second-order valence-electron chi connectivity index (χ2n) is 3.59. The van der Waals surface area contributed by atoms with Crippen molar-refractivity contribution in [1.82, 2.24) is 0 Å². The molecule has 4 N–H and O–H groups in total. The van der Waals surface area contributed by atoms with Crippen molar-refractivity contribution in [2.24, 2.45) is 5.73 Å². The number of ether oxygens (including phenoxy) is 1. The Morgan fingerprint density at radius 2 is 2.05 bits per heavy atom. The van der Waals surface area contributed by atoms with Crippen molar-refractivity contribution in [2.75, 3.05) is 7.11 Å². The van der Waals surface area contributed by atoms with Crippen LogP contribution >= 0.6 is 28.3 Å². The van der Waals surface area contributed by atoms with E-state index in [1.165, 1.54) is 19.2 Å². The van der Waals surface area contributed by atoms with Crippen LogP contribution in [0.1, 0.15) is 28.4 Å². The molecular formula is C11H13BrClNO5. The molecule has 0 aromatic heterocycles. The molecule has 0 unspecified atom stereocenters. The zero-order valence-electron chi connectivity index (χ0n) is 9.92. The number of carboxylic acids is 1. The van der Waals surface area contributed by atoms with Gasteiger partial charge in [-0.15, -0.1) is 12.4 Å². The molecule has 0 aliphatic rings. The quantitative estimate of drug-likeness (QED) is 0.712. The minimum absolute atomic E-state index is 0. The average molecular weight is 355 g/mol. The van der Waals surface area contributed by atoms with Crippen molar-refractivity contribution in [2.45, 2.75) is 12.5 Å². The van der Waals surface area contributed by atoms with E-state index in [2.05, 4.69) is 20.7 Å². The first-order valence-corrected chi connectivity index (χ1v) is 5.74. The van der Waals surface area contributed by atoms with Crippen LogP contribution in [0.2, 0.25) is 0 Å². The third-order valence-electron chi connectivity index (χ3n) is 2.35. The van der Waals surface area contributed by atoms with Crippen LogP contribution in [0.4, 0.5) is 0 Å². The largest absolute Gasteiger partial charge is 0.506 e. The molecule has 0 saturated heterocycles. The Kier molecular flexibility index (Phi) is 6.82. The van der Waals surface area contributed by atoms with Crippen molar-refractivity contribution in [1.29, 1.82) is 0 Å². The number of rotatable bonds is 4. The number of halogens is 2. The van der Waals surface area contributed by atoms with E-state index in [-0.39, 0.29) is 40.2 Å². The summed E-state index contributed by atoms with van der Waals surface area (Å²) in [5, 5.41) is 18.7.